The number of halogens is 1. The van der Waals surface area contributed by atoms with Crippen molar-refractivity contribution in [3.8, 4) is 5.82 Å². The molecule has 0 fully saturated rings. The normalized spacial score (nSPS) is 11.2. The van der Waals surface area contributed by atoms with E-state index in [0.717, 1.165) is 36.2 Å². The van der Waals surface area contributed by atoms with Crippen molar-refractivity contribution in [2.45, 2.75) is 33.2 Å². The van der Waals surface area contributed by atoms with E-state index in [1.807, 2.05) is 24.4 Å². The van der Waals surface area contributed by atoms with E-state index in [9.17, 15) is 0 Å². The predicted octanol–water partition coefficient (Wildman–Crippen LogP) is 2.99. The highest BCUT2D eigenvalue weighted by molar-refractivity contribution is 14.0. The van der Waals surface area contributed by atoms with E-state index in [1.165, 1.54) is 6.42 Å². The van der Waals surface area contributed by atoms with E-state index in [2.05, 4.69) is 39.6 Å². The van der Waals surface area contributed by atoms with Crippen LogP contribution in [0.15, 0.2) is 41.8 Å². The Labute approximate surface area is 161 Å². The molecule has 0 aromatic carbocycles. The monoisotopic (exact) mass is 442 g/mol. The van der Waals surface area contributed by atoms with Crippen LogP contribution in [0.2, 0.25) is 0 Å². The molecule has 0 aliphatic heterocycles. The van der Waals surface area contributed by atoms with E-state index in [0.29, 0.717) is 6.54 Å². The summed E-state index contributed by atoms with van der Waals surface area (Å²) in [6, 6.07) is 5.90. The molecule has 2 N–H and O–H groups in total. The highest BCUT2D eigenvalue weighted by Crippen LogP contribution is 2.06. The first kappa shape index (κ1) is 20.4. The topological polar surface area (TPSA) is 67.1 Å². The number of hydrogen-bond donors (Lipinski definition) is 2. The van der Waals surface area contributed by atoms with Crippen molar-refractivity contribution < 1.29 is 0 Å². The summed E-state index contributed by atoms with van der Waals surface area (Å²) < 4.78 is 1.75. The van der Waals surface area contributed by atoms with Crippen LogP contribution in [-0.4, -0.2) is 34.3 Å². The lowest BCUT2D eigenvalue weighted by Crippen LogP contribution is -2.37. The quantitative estimate of drug-likeness (QED) is 0.300. The van der Waals surface area contributed by atoms with Crippen molar-refractivity contribution in [2.24, 2.45) is 10.9 Å². The van der Waals surface area contributed by atoms with Gasteiger partial charge >= 0.3 is 0 Å². The van der Waals surface area contributed by atoms with Gasteiger partial charge in [0.15, 0.2) is 11.8 Å². The first-order chi connectivity index (χ1) is 11.2. The van der Waals surface area contributed by atoms with Gasteiger partial charge in [-0.3, -0.25) is 4.99 Å². The maximum absolute atomic E-state index is 4.33. The zero-order chi connectivity index (χ0) is 16.5. The lowest BCUT2D eigenvalue weighted by Gasteiger charge is -2.13. The number of aliphatic imine (C=N–C) groups is 1. The van der Waals surface area contributed by atoms with Crippen molar-refractivity contribution in [3.05, 3.63) is 42.4 Å². The smallest absolute Gasteiger partial charge is 0.191 e. The summed E-state index contributed by atoms with van der Waals surface area (Å²) in [5, 5.41) is 10.9. The minimum absolute atomic E-state index is 0. The van der Waals surface area contributed by atoms with Crippen LogP contribution < -0.4 is 10.6 Å². The highest BCUT2D eigenvalue weighted by Gasteiger charge is 2.02. The standard InChI is InChI=1S/C17H26N6.HI/c1-14(2)6-4-8-20-17(18-3)21-13-15-7-10-19-16(12-15)23-11-5-9-22-23;/h5,7,9-12,14H,4,6,8,13H2,1-3H3,(H2,18,20,21);1H. The van der Waals surface area contributed by atoms with Gasteiger partial charge < -0.3 is 10.6 Å². The van der Waals surface area contributed by atoms with Gasteiger partial charge in [-0.15, -0.1) is 24.0 Å². The lowest BCUT2D eigenvalue weighted by molar-refractivity contribution is 0.549. The molecule has 0 bridgehead atoms. The van der Waals surface area contributed by atoms with E-state index in [1.54, 1.807) is 24.1 Å². The Morgan fingerprint density at radius 3 is 2.79 bits per heavy atom. The van der Waals surface area contributed by atoms with E-state index < -0.39 is 0 Å². The summed E-state index contributed by atoms with van der Waals surface area (Å²) in [5.74, 6) is 2.38. The van der Waals surface area contributed by atoms with Crippen molar-refractivity contribution >= 4 is 29.9 Å². The van der Waals surface area contributed by atoms with Gasteiger partial charge in [0.25, 0.3) is 0 Å². The Hall–Kier alpha value is -1.64. The maximum Gasteiger partial charge on any atom is 0.191 e. The average Bonchev–Trinajstić information content (AvgIpc) is 3.09. The molecule has 0 saturated carbocycles. The van der Waals surface area contributed by atoms with E-state index in [4.69, 9.17) is 0 Å². The SMILES string of the molecule is CN=C(NCCCC(C)C)NCc1ccnc(-n2cccn2)c1.I. The molecular formula is C17H27IN6. The van der Waals surface area contributed by atoms with Crippen molar-refractivity contribution in [1.29, 1.82) is 0 Å². The molecular weight excluding hydrogens is 415 g/mol. The Balaban J connectivity index is 0.00000288. The molecule has 0 atom stereocenters. The molecule has 2 heterocycles. The molecule has 2 rings (SSSR count). The van der Waals surface area contributed by atoms with E-state index >= 15 is 0 Å². The minimum Gasteiger partial charge on any atom is -0.356 e. The van der Waals surface area contributed by atoms with Gasteiger partial charge in [-0.25, -0.2) is 9.67 Å². The van der Waals surface area contributed by atoms with Crippen LogP contribution in [0.3, 0.4) is 0 Å². The summed E-state index contributed by atoms with van der Waals surface area (Å²) >= 11 is 0. The zero-order valence-corrected chi connectivity index (χ0v) is 16.9. The van der Waals surface area contributed by atoms with Crippen LogP contribution in [0.5, 0.6) is 0 Å². The molecule has 0 radical (unpaired) electrons. The van der Waals surface area contributed by atoms with Gasteiger partial charge in [0.1, 0.15) is 0 Å². The summed E-state index contributed by atoms with van der Waals surface area (Å²) in [6.07, 6.45) is 7.80. The van der Waals surface area contributed by atoms with Gasteiger partial charge in [-0.2, -0.15) is 5.10 Å². The van der Waals surface area contributed by atoms with Crippen molar-refractivity contribution in [3.63, 3.8) is 0 Å². The number of guanidine groups is 1. The second-order valence-corrected chi connectivity index (χ2v) is 5.86. The van der Waals surface area contributed by atoms with E-state index in [-0.39, 0.29) is 24.0 Å². The summed E-state index contributed by atoms with van der Waals surface area (Å²) in [4.78, 5) is 8.59. The van der Waals surface area contributed by atoms with Gasteiger partial charge in [-0.05, 0) is 42.5 Å². The number of pyridine rings is 1. The number of rotatable bonds is 7. The number of nitrogens with zero attached hydrogens (tertiary/aromatic N) is 4. The second kappa shape index (κ2) is 11.0. The van der Waals surface area contributed by atoms with Crippen LogP contribution in [0.25, 0.3) is 5.82 Å². The molecule has 2 aromatic rings. The predicted molar refractivity (Wildman–Crippen MR) is 109 cm³/mol. The first-order valence-corrected chi connectivity index (χ1v) is 8.08. The van der Waals surface area contributed by atoms with Crippen molar-refractivity contribution in [2.75, 3.05) is 13.6 Å². The number of nitrogens with one attached hydrogen (secondary N) is 2. The first-order valence-electron chi connectivity index (χ1n) is 8.08. The molecule has 0 aliphatic carbocycles. The lowest BCUT2D eigenvalue weighted by atomic mass is 10.1. The summed E-state index contributed by atoms with van der Waals surface area (Å²) in [5.41, 5.74) is 1.13. The molecule has 132 valence electrons. The molecule has 0 saturated heterocycles. The summed E-state index contributed by atoms with van der Waals surface area (Å²) in [6.45, 7) is 6.12. The molecule has 24 heavy (non-hydrogen) atoms. The Morgan fingerprint density at radius 1 is 1.29 bits per heavy atom. The van der Waals surface area contributed by atoms with Gasteiger partial charge in [-0.1, -0.05) is 13.8 Å². The summed E-state index contributed by atoms with van der Waals surface area (Å²) in [7, 11) is 1.79. The molecule has 6 nitrogen and oxygen atoms in total. The Bertz CT molecular complexity index is 609. The molecule has 0 spiro atoms. The second-order valence-electron chi connectivity index (χ2n) is 5.86. The van der Waals surface area contributed by atoms with Gasteiger partial charge in [0.2, 0.25) is 0 Å². The average molecular weight is 442 g/mol. The molecule has 2 aromatic heterocycles. The number of aromatic nitrogens is 3. The van der Waals surface area contributed by atoms with Crippen LogP contribution in [0, 0.1) is 5.92 Å². The van der Waals surface area contributed by atoms with Crippen molar-refractivity contribution in [1.82, 2.24) is 25.4 Å². The third-order valence-electron chi connectivity index (χ3n) is 3.48. The molecule has 0 aliphatic rings. The maximum atomic E-state index is 4.33. The fourth-order valence-corrected chi connectivity index (χ4v) is 2.22. The minimum atomic E-state index is 0. The number of hydrogen-bond acceptors (Lipinski definition) is 3. The zero-order valence-electron chi connectivity index (χ0n) is 14.6. The third kappa shape index (κ3) is 6.86. The van der Waals surface area contributed by atoms with Gasteiger partial charge in [0.05, 0.1) is 0 Å². The van der Waals surface area contributed by atoms with Crippen LogP contribution in [0.4, 0.5) is 0 Å². The fraction of sp³-hybridized carbons (Fsp3) is 0.471. The third-order valence-corrected chi connectivity index (χ3v) is 3.48. The van der Waals surface area contributed by atoms with Crippen LogP contribution in [0.1, 0.15) is 32.3 Å². The fourth-order valence-electron chi connectivity index (χ4n) is 2.22. The Morgan fingerprint density at radius 2 is 2.12 bits per heavy atom. The highest BCUT2D eigenvalue weighted by atomic mass is 127. The van der Waals surface area contributed by atoms with Crippen LogP contribution >= 0.6 is 24.0 Å². The molecule has 0 amide bonds. The molecule has 7 heteroatoms. The van der Waals surface area contributed by atoms with Crippen LogP contribution in [-0.2, 0) is 6.54 Å². The van der Waals surface area contributed by atoms with Gasteiger partial charge in [0, 0.05) is 38.7 Å². The largest absolute Gasteiger partial charge is 0.356 e. The Kier molecular flexibility index (Phi) is 9.36. The molecule has 0 unspecified atom stereocenters.